The van der Waals surface area contributed by atoms with Crippen molar-refractivity contribution < 1.29 is 9.22 Å². The van der Waals surface area contributed by atoms with E-state index < -0.39 is 16.6 Å². The van der Waals surface area contributed by atoms with Gasteiger partial charge in [-0.25, -0.2) is 0 Å². The molecule has 1 N–H and O–H groups in total. The molecule has 1 atom stereocenters. The van der Waals surface area contributed by atoms with Gasteiger partial charge in [0.2, 0.25) is 8.32 Å². The van der Waals surface area contributed by atoms with Crippen LogP contribution in [0.5, 0.6) is 5.75 Å². The monoisotopic (exact) mass is 344 g/mol. The average Bonchev–Trinajstić information content (AvgIpc) is 2.48. The zero-order chi connectivity index (χ0) is 16.9. The highest BCUT2D eigenvalue weighted by Crippen LogP contribution is 2.22. The number of phenols is 1. The molecule has 1 unspecified atom stereocenters. The molecule has 0 spiro atoms. The van der Waals surface area contributed by atoms with Gasteiger partial charge in [-0.3, -0.25) is 0 Å². The maximum absolute atomic E-state index is 9.38. The summed E-state index contributed by atoms with van der Waals surface area (Å²) in [6.45, 7) is 9.20. The second kappa shape index (κ2) is 7.47. The van der Waals surface area contributed by atoms with E-state index in [-0.39, 0.29) is 0 Å². The van der Waals surface area contributed by atoms with E-state index in [1.165, 1.54) is 10.8 Å². The van der Waals surface area contributed by atoms with Gasteiger partial charge >= 0.3 is 0 Å². The van der Waals surface area contributed by atoms with Crippen LogP contribution in [0.3, 0.4) is 0 Å². The van der Waals surface area contributed by atoms with Crippen LogP contribution in [0.1, 0.15) is 12.0 Å². The summed E-state index contributed by atoms with van der Waals surface area (Å²) < 4.78 is 6.71. The number of hydrogen-bond donors (Lipinski definition) is 1. The zero-order valence-electron chi connectivity index (χ0n) is 14.7. The van der Waals surface area contributed by atoms with Crippen molar-refractivity contribution in [2.24, 2.45) is 0 Å². The highest BCUT2D eigenvalue weighted by Gasteiger charge is 2.35. The molecule has 0 fully saturated rings. The van der Waals surface area contributed by atoms with Crippen LogP contribution < -0.4 is 5.19 Å². The Morgan fingerprint density at radius 1 is 0.870 bits per heavy atom. The Bertz CT molecular complexity index is 606. The van der Waals surface area contributed by atoms with E-state index in [0.29, 0.717) is 5.75 Å². The minimum absolute atomic E-state index is 0.333. The lowest BCUT2D eigenvalue weighted by molar-refractivity contribution is 0.475. The first-order valence-corrected chi connectivity index (χ1v) is 14.3. The summed E-state index contributed by atoms with van der Waals surface area (Å²) in [7, 11) is -3.50. The molecule has 2 nitrogen and oxygen atoms in total. The molecular weight excluding hydrogens is 316 g/mol. The quantitative estimate of drug-likeness (QED) is 0.740. The minimum Gasteiger partial charge on any atom is -0.508 e. The fourth-order valence-corrected chi connectivity index (χ4v) is 11.3. The lowest BCUT2D eigenvalue weighted by atomic mass is 10.1. The van der Waals surface area contributed by atoms with Crippen LogP contribution in [0.2, 0.25) is 32.2 Å². The minimum atomic E-state index is -1.91. The molecule has 0 aliphatic heterocycles. The molecule has 4 heteroatoms. The Kier molecular flexibility index (Phi) is 5.84. The number of rotatable bonds is 7. The van der Waals surface area contributed by atoms with E-state index >= 15 is 0 Å². The molecule has 2 aromatic carbocycles. The fraction of sp³-hybridized carbons (Fsp3) is 0.368. The van der Waals surface area contributed by atoms with Gasteiger partial charge in [-0.15, -0.1) is 0 Å². The Morgan fingerprint density at radius 2 is 1.48 bits per heavy atom. The van der Waals surface area contributed by atoms with Crippen molar-refractivity contribution >= 4 is 21.8 Å². The second-order valence-electron chi connectivity index (χ2n) is 7.33. The van der Waals surface area contributed by atoms with Crippen LogP contribution in [0.15, 0.2) is 54.6 Å². The van der Waals surface area contributed by atoms with Crippen molar-refractivity contribution in [1.29, 1.82) is 0 Å². The van der Waals surface area contributed by atoms with E-state index in [1.54, 1.807) is 12.1 Å². The largest absolute Gasteiger partial charge is 0.508 e. The molecule has 0 aliphatic carbocycles. The summed E-state index contributed by atoms with van der Waals surface area (Å²) in [5.74, 6) is 0.333. The number of hydrogen-bond acceptors (Lipinski definition) is 2. The third-order valence-corrected chi connectivity index (χ3v) is 11.1. The summed E-state index contributed by atoms with van der Waals surface area (Å²) >= 11 is 0. The summed E-state index contributed by atoms with van der Waals surface area (Å²) in [6.07, 6.45) is 2.15. The molecule has 124 valence electrons. The molecule has 23 heavy (non-hydrogen) atoms. The van der Waals surface area contributed by atoms with Crippen molar-refractivity contribution in [3.8, 4) is 5.75 Å². The maximum atomic E-state index is 9.38. The fourth-order valence-electron chi connectivity index (χ4n) is 3.01. The lowest BCUT2D eigenvalue weighted by Gasteiger charge is -2.35. The van der Waals surface area contributed by atoms with Gasteiger partial charge in [-0.05, 0) is 68.0 Å². The predicted octanol–water partition coefficient (Wildman–Crippen LogP) is 4.66. The normalized spacial score (nSPS) is 14.4. The van der Waals surface area contributed by atoms with Gasteiger partial charge in [0.15, 0.2) is 8.32 Å². The number of benzene rings is 2. The highest BCUT2D eigenvalue weighted by atomic mass is 28.4. The second-order valence-corrected chi connectivity index (χ2v) is 15.9. The van der Waals surface area contributed by atoms with Gasteiger partial charge in [0.1, 0.15) is 5.75 Å². The van der Waals surface area contributed by atoms with Gasteiger partial charge in [-0.1, -0.05) is 42.5 Å². The molecule has 0 aliphatic rings. The van der Waals surface area contributed by atoms with Crippen molar-refractivity contribution in [1.82, 2.24) is 0 Å². The van der Waals surface area contributed by atoms with Gasteiger partial charge in [0, 0.05) is 0 Å². The third kappa shape index (κ3) is 5.64. The SMILES string of the molecule is C[Si](C)(C)O[Si](C)(CCCc1ccc(O)cc1)c1ccccc1. The molecule has 0 radical (unpaired) electrons. The van der Waals surface area contributed by atoms with Crippen LogP contribution in [-0.4, -0.2) is 21.7 Å². The zero-order valence-corrected chi connectivity index (χ0v) is 16.7. The first-order valence-electron chi connectivity index (χ1n) is 8.32. The molecule has 0 amide bonds. The Morgan fingerprint density at radius 3 is 2.04 bits per heavy atom. The topological polar surface area (TPSA) is 29.5 Å². The summed E-state index contributed by atoms with van der Waals surface area (Å²) in [6, 6.07) is 19.4. The molecule has 0 saturated carbocycles. The first kappa shape index (κ1) is 18.0. The highest BCUT2D eigenvalue weighted by molar-refractivity contribution is 6.92. The first-order chi connectivity index (χ1) is 10.8. The van der Waals surface area contributed by atoms with Crippen molar-refractivity contribution in [2.75, 3.05) is 0 Å². The lowest BCUT2D eigenvalue weighted by Crippen LogP contribution is -2.53. The Labute approximate surface area is 142 Å². The van der Waals surface area contributed by atoms with Crippen LogP contribution >= 0.6 is 0 Å². The van der Waals surface area contributed by atoms with E-state index in [2.05, 4.69) is 56.5 Å². The van der Waals surface area contributed by atoms with E-state index in [0.717, 1.165) is 18.9 Å². The van der Waals surface area contributed by atoms with Crippen LogP contribution in [-0.2, 0) is 10.5 Å². The van der Waals surface area contributed by atoms with Crippen molar-refractivity contribution in [2.45, 2.75) is 45.1 Å². The number of phenolic OH excluding ortho intramolecular Hbond substituents is 1. The summed E-state index contributed by atoms with van der Waals surface area (Å²) in [4.78, 5) is 0. The molecule has 0 saturated heterocycles. The molecule has 0 heterocycles. The predicted molar refractivity (Wildman–Crippen MR) is 103 cm³/mol. The van der Waals surface area contributed by atoms with Crippen molar-refractivity contribution in [3.05, 3.63) is 60.2 Å². The van der Waals surface area contributed by atoms with Gasteiger partial charge < -0.3 is 9.22 Å². The Hall–Kier alpha value is -1.37. The average molecular weight is 345 g/mol. The van der Waals surface area contributed by atoms with Gasteiger partial charge in [0.25, 0.3) is 0 Å². The number of aromatic hydroxyl groups is 1. The molecule has 0 bridgehead atoms. The van der Waals surface area contributed by atoms with Crippen LogP contribution in [0.4, 0.5) is 0 Å². The summed E-state index contributed by atoms with van der Waals surface area (Å²) in [5.41, 5.74) is 1.28. The molecule has 0 aromatic heterocycles. The molecule has 2 aromatic rings. The van der Waals surface area contributed by atoms with Crippen LogP contribution in [0, 0.1) is 0 Å². The van der Waals surface area contributed by atoms with E-state index in [1.807, 2.05) is 12.1 Å². The summed E-state index contributed by atoms with van der Waals surface area (Å²) in [5, 5.41) is 10.8. The number of aryl methyl sites for hydroxylation is 1. The maximum Gasteiger partial charge on any atom is 0.209 e. The third-order valence-electron chi connectivity index (χ3n) is 3.97. The van der Waals surface area contributed by atoms with Gasteiger partial charge in [0.05, 0.1) is 0 Å². The molecule has 2 rings (SSSR count). The van der Waals surface area contributed by atoms with Crippen LogP contribution in [0.25, 0.3) is 0 Å². The van der Waals surface area contributed by atoms with Gasteiger partial charge in [-0.2, -0.15) is 0 Å². The smallest absolute Gasteiger partial charge is 0.209 e. The Balaban J connectivity index is 2.07. The van der Waals surface area contributed by atoms with E-state index in [4.69, 9.17) is 4.12 Å². The standard InChI is InChI=1S/C19H28O2Si2/c1-22(2,3)21-23(4,19-10-6-5-7-11-19)16-8-9-17-12-14-18(20)15-13-17/h5-7,10-15,20H,8-9,16H2,1-4H3. The molecular formula is C19H28O2Si2. The van der Waals surface area contributed by atoms with Crippen molar-refractivity contribution in [3.63, 3.8) is 0 Å². The van der Waals surface area contributed by atoms with E-state index in [9.17, 15) is 5.11 Å².